The number of rotatable bonds is 29. The molecule has 13 nitrogen and oxygen atoms in total. The number of aromatic nitrogens is 2. The van der Waals surface area contributed by atoms with E-state index in [1.807, 2.05) is 48.5 Å². The number of hydrogen-bond donors (Lipinski definition) is 4. The van der Waals surface area contributed by atoms with Crippen molar-refractivity contribution in [1.29, 1.82) is 5.26 Å². The number of aliphatic hydroxyl groups is 2. The highest BCUT2D eigenvalue weighted by atomic mass is 31.2. The molecular formula is C45H65N4O9P. The fourth-order valence-corrected chi connectivity index (χ4v) is 8.44. The lowest BCUT2D eigenvalue weighted by atomic mass is 9.92. The quantitative estimate of drug-likeness (QED) is 0.0301. The first-order chi connectivity index (χ1) is 28.7. The Morgan fingerprint density at radius 1 is 0.864 bits per heavy atom. The summed E-state index contributed by atoms with van der Waals surface area (Å²) in [5, 5.41) is 38.5. The zero-order chi connectivity index (χ0) is 41.9. The molecule has 3 heterocycles. The lowest BCUT2D eigenvalue weighted by Gasteiger charge is -2.24. The molecule has 0 amide bonds. The summed E-state index contributed by atoms with van der Waals surface area (Å²) in [6.07, 6.45) is 16.6. The molecule has 5 N–H and O–H groups in total. The van der Waals surface area contributed by atoms with Crippen molar-refractivity contribution in [2.45, 2.75) is 146 Å². The van der Waals surface area contributed by atoms with Gasteiger partial charge in [-0.15, -0.1) is 0 Å². The number of unbranched alkanes of at least 4 members (excludes halogenated alkanes) is 15. The van der Waals surface area contributed by atoms with Gasteiger partial charge in [-0.3, -0.25) is 9.05 Å². The minimum absolute atomic E-state index is 0.130. The highest BCUT2D eigenvalue weighted by Gasteiger charge is 2.58. The second-order valence-corrected chi connectivity index (χ2v) is 17.2. The van der Waals surface area contributed by atoms with Crippen LogP contribution in [-0.4, -0.2) is 75.6 Å². The second-order valence-electron chi connectivity index (χ2n) is 15.8. The summed E-state index contributed by atoms with van der Waals surface area (Å²) in [6, 6.07) is 20.7. The number of benzene rings is 2. The summed E-state index contributed by atoms with van der Waals surface area (Å²) in [7, 11) is -4.73. The number of nitriles is 1. The molecule has 0 saturated carbocycles. The SMILES string of the molecule is CCCCCCCCCCCCCCCCCCOC[C@H](COP(=O)(O)OC[C@H]1O[C@@](C#N)(c2ccc3c(N)ccnn23)[C@H](O)[C@@H]1O)OCc1ccc2ccccc2c1. The van der Waals surface area contributed by atoms with Crippen LogP contribution < -0.4 is 5.73 Å². The second kappa shape index (κ2) is 24.1. The molecule has 2 aromatic carbocycles. The molecule has 14 heteroatoms. The number of aliphatic hydroxyl groups excluding tert-OH is 2. The van der Waals surface area contributed by atoms with Crippen LogP contribution in [0.15, 0.2) is 66.9 Å². The van der Waals surface area contributed by atoms with E-state index in [1.54, 1.807) is 12.1 Å². The third-order valence-electron chi connectivity index (χ3n) is 11.2. The van der Waals surface area contributed by atoms with Gasteiger partial charge in [0.1, 0.15) is 30.5 Å². The highest BCUT2D eigenvalue weighted by molar-refractivity contribution is 7.47. The molecule has 2 aromatic heterocycles. The standard InChI is InChI=1S/C45H65N4O9P/c1-2-3-4-5-6-7-8-9-10-11-12-13-14-15-16-19-28-54-31-38(55-30-35-22-23-36-20-17-18-21-37(36)29-35)32-56-59(52,53)57-33-41-43(50)44(51)45(34-46,58-41)42-25-24-40-39(47)26-27-48-49(40)42/h17-18,20-27,29,38,41,43-44,50-51H,2-16,19,28,30-33,47H2,1H3,(H,52,53)/t38-,41-,43-,44-,45+/m1/s1. The van der Waals surface area contributed by atoms with Crippen LogP contribution in [-0.2, 0) is 40.0 Å². The molecule has 324 valence electrons. The number of nitrogens with two attached hydrogens (primary N) is 1. The van der Waals surface area contributed by atoms with Crippen LogP contribution in [0.5, 0.6) is 0 Å². The van der Waals surface area contributed by atoms with Gasteiger partial charge in [-0.2, -0.15) is 10.4 Å². The van der Waals surface area contributed by atoms with Gasteiger partial charge in [0.05, 0.1) is 43.3 Å². The van der Waals surface area contributed by atoms with Crippen molar-refractivity contribution in [3.63, 3.8) is 0 Å². The van der Waals surface area contributed by atoms with Crippen molar-refractivity contribution in [1.82, 2.24) is 9.61 Å². The van der Waals surface area contributed by atoms with Gasteiger partial charge in [-0.25, -0.2) is 9.08 Å². The topological polar surface area (TPSA) is 191 Å². The molecule has 1 saturated heterocycles. The van der Waals surface area contributed by atoms with E-state index in [9.17, 15) is 24.9 Å². The average Bonchev–Trinajstić information content (AvgIpc) is 3.79. The molecule has 4 aromatic rings. The third kappa shape index (κ3) is 13.8. The number of phosphoric ester groups is 1. The number of anilines is 1. The molecule has 1 unspecified atom stereocenters. The first-order valence-corrected chi connectivity index (χ1v) is 23.1. The summed E-state index contributed by atoms with van der Waals surface area (Å²) in [6.45, 7) is 2.18. The van der Waals surface area contributed by atoms with Crippen molar-refractivity contribution in [2.75, 3.05) is 32.2 Å². The zero-order valence-electron chi connectivity index (χ0n) is 34.7. The molecule has 0 bridgehead atoms. The minimum Gasteiger partial charge on any atom is -0.397 e. The van der Waals surface area contributed by atoms with Crippen LogP contribution in [0.2, 0.25) is 0 Å². The van der Waals surface area contributed by atoms with E-state index in [-0.39, 0.29) is 25.5 Å². The average molecular weight is 837 g/mol. The number of phosphoric acid groups is 1. The maximum absolute atomic E-state index is 13.1. The number of ether oxygens (including phenoxy) is 3. The fourth-order valence-electron chi connectivity index (χ4n) is 7.67. The predicted molar refractivity (Wildman–Crippen MR) is 228 cm³/mol. The van der Waals surface area contributed by atoms with Crippen molar-refractivity contribution < 1.29 is 42.9 Å². The van der Waals surface area contributed by atoms with Crippen LogP contribution >= 0.6 is 7.82 Å². The number of nitrogens with zero attached hydrogens (tertiary/aromatic N) is 3. The van der Waals surface area contributed by atoms with Crippen LogP contribution in [0.3, 0.4) is 0 Å². The van der Waals surface area contributed by atoms with Gasteiger partial charge in [0.15, 0.2) is 0 Å². The van der Waals surface area contributed by atoms with Crippen molar-refractivity contribution in [2.24, 2.45) is 0 Å². The summed E-state index contributed by atoms with van der Waals surface area (Å²) < 4.78 is 43.1. The van der Waals surface area contributed by atoms with Gasteiger partial charge in [0.25, 0.3) is 0 Å². The Kier molecular flexibility index (Phi) is 19.1. The summed E-state index contributed by atoms with van der Waals surface area (Å²) in [5.74, 6) is 0. The number of nitrogen functional groups attached to an aromatic ring is 1. The third-order valence-corrected chi connectivity index (χ3v) is 12.1. The molecule has 1 aliphatic rings. The van der Waals surface area contributed by atoms with Gasteiger partial charge in [-0.05, 0) is 47.0 Å². The first kappa shape index (κ1) is 46.7. The number of fused-ring (bicyclic) bond motifs is 2. The van der Waals surface area contributed by atoms with E-state index in [1.165, 1.54) is 100 Å². The van der Waals surface area contributed by atoms with E-state index in [4.69, 9.17) is 29.0 Å². The summed E-state index contributed by atoms with van der Waals surface area (Å²) in [5.41, 5.74) is 5.89. The van der Waals surface area contributed by atoms with Gasteiger partial charge >= 0.3 is 7.82 Å². The van der Waals surface area contributed by atoms with Crippen LogP contribution in [0.4, 0.5) is 5.69 Å². The van der Waals surface area contributed by atoms with E-state index in [0.717, 1.165) is 35.6 Å². The smallest absolute Gasteiger partial charge is 0.397 e. The Bertz CT molecular complexity index is 1940. The Morgan fingerprint density at radius 3 is 2.17 bits per heavy atom. The molecule has 6 atom stereocenters. The maximum Gasteiger partial charge on any atom is 0.472 e. The van der Waals surface area contributed by atoms with E-state index in [0.29, 0.717) is 17.8 Å². The van der Waals surface area contributed by atoms with Crippen LogP contribution in [0.25, 0.3) is 16.3 Å². The zero-order valence-corrected chi connectivity index (χ0v) is 35.6. The molecular weight excluding hydrogens is 771 g/mol. The lowest BCUT2D eigenvalue weighted by Crippen LogP contribution is -2.41. The van der Waals surface area contributed by atoms with Crippen LogP contribution in [0.1, 0.15) is 121 Å². The van der Waals surface area contributed by atoms with E-state index in [2.05, 4.69) is 12.0 Å². The maximum atomic E-state index is 13.1. The molecule has 1 fully saturated rings. The largest absolute Gasteiger partial charge is 0.472 e. The molecule has 0 aliphatic carbocycles. The highest BCUT2D eigenvalue weighted by Crippen LogP contribution is 2.46. The van der Waals surface area contributed by atoms with Gasteiger partial charge < -0.3 is 35.1 Å². The summed E-state index contributed by atoms with van der Waals surface area (Å²) >= 11 is 0. The Balaban J connectivity index is 1.04. The van der Waals surface area contributed by atoms with Gasteiger partial charge in [-0.1, -0.05) is 140 Å². The predicted octanol–water partition coefficient (Wildman–Crippen LogP) is 8.91. The van der Waals surface area contributed by atoms with Gasteiger partial charge in [0.2, 0.25) is 5.60 Å². The van der Waals surface area contributed by atoms with E-state index < -0.39 is 44.4 Å². The van der Waals surface area contributed by atoms with Crippen LogP contribution in [0, 0.1) is 11.3 Å². The normalized spacial score (nSPS) is 20.9. The molecule has 59 heavy (non-hydrogen) atoms. The van der Waals surface area contributed by atoms with Crippen molar-refractivity contribution in [3.05, 3.63) is 78.1 Å². The molecule has 1 aliphatic heterocycles. The van der Waals surface area contributed by atoms with Crippen molar-refractivity contribution in [3.8, 4) is 6.07 Å². The number of hydrogen-bond acceptors (Lipinski definition) is 11. The molecule has 0 spiro atoms. The van der Waals surface area contributed by atoms with Gasteiger partial charge in [0, 0.05) is 12.8 Å². The lowest BCUT2D eigenvalue weighted by molar-refractivity contribution is -0.0690. The molecule has 0 radical (unpaired) electrons. The minimum atomic E-state index is -4.73. The first-order valence-electron chi connectivity index (χ1n) is 21.6. The Morgan fingerprint density at radius 2 is 1.51 bits per heavy atom. The Hall–Kier alpha value is -3.41. The monoisotopic (exact) mass is 836 g/mol. The molecule has 5 rings (SSSR count). The van der Waals surface area contributed by atoms with E-state index >= 15 is 0 Å². The Labute approximate surface area is 349 Å². The summed E-state index contributed by atoms with van der Waals surface area (Å²) in [4.78, 5) is 10.7. The fraction of sp³-hybridized carbons (Fsp3) is 0.600. The van der Waals surface area contributed by atoms with Crippen molar-refractivity contribution >= 4 is 29.8 Å².